The van der Waals surface area contributed by atoms with Crippen molar-refractivity contribution < 1.29 is 19.6 Å². The summed E-state index contributed by atoms with van der Waals surface area (Å²) in [6.45, 7) is 0.240. The molecule has 1 aliphatic carbocycles. The Hall–Kier alpha value is -1.33. The lowest BCUT2D eigenvalue weighted by molar-refractivity contribution is -0.146. The average molecular weight is 220 g/mol. The number of esters is 1. The van der Waals surface area contributed by atoms with Gasteiger partial charge in [-0.1, -0.05) is 30.3 Å². The lowest BCUT2D eigenvalue weighted by Gasteiger charge is -2.04. The van der Waals surface area contributed by atoms with E-state index in [2.05, 4.69) is 0 Å². The van der Waals surface area contributed by atoms with Gasteiger partial charge in [-0.25, -0.2) is 0 Å². The molecule has 0 spiro atoms. The number of hydrogen-bond acceptors (Lipinski definition) is 4. The van der Waals surface area contributed by atoms with Crippen molar-refractivity contribution in [2.45, 2.75) is 18.8 Å². The van der Waals surface area contributed by atoms with Gasteiger partial charge >= 0.3 is 13.1 Å². The Morgan fingerprint density at radius 2 is 2.06 bits per heavy atom. The summed E-state index contributed by atoms with van der Waals surface area (Å²) >= 11 is 0. The molecular formula is C11H13BO4. The van der Waals surface area contributed by atoms with E-state index in [0.717, 1.165) is 5.56 Å². The monoisotopic (exact) mass is 220 g/mol. The Kier molecular flexibility index (Phi) is 3.26. The minimum absolute atomic E-state index is 0.240. The summed E-state index contributed by atoms with van der Waals surface area (Å²) in [5, 5.41) is 17.7. The second-order valence-electron chi connectivity index (χ2n) is 4.01. The summed E-state index contributed by atoms with van der Waals surface area (Å²) in [7, 11) is -1.41. The molecule has 2 N–H and O–H groups in total. The number of rotatable bonds is 4. The Bertz CT molecular complexity index is 366. The quantitative estimate of drug-likeness (QED) is 0.575. The molecule has 84 valence electrons. The van der Waals surface area contributed by atoms with Gasteiger partial charge in [-0.05, 0) is 12.0 Å². The molecule has 0 amide bonds. The maximum atomic E-state index is 11.4. The van der Waals surface area contributed by atoms with Crippen molar-refractivity contribution in [3.05, 3.63) is 35.9 Å². The number of carbonyl (C=O) groups excluding carboxylic acids is 1. The van der Waals surface area contributed by atoms with Crippen LogP contribution < -0.4 is 0 Å². The van der Waals surface area contributed by atoms with Gasteiger partial charge in [-0.15, -0.1) is 0 Å². The first kappa shape index (κ1) is 11.2. The van der Waals surface area contributed by atoms with Crippen LogP contribution in [0.4, 0.5) is 0 Å². The Morgan fingerprint density at radius 3 is 2.62 bits per heavy atom. The van der Waals surface area contributed by atoms with E-state index in [1.54, 1.807) is 0 Å². The zero-order chi connectivity index (χ0) is 11.5. The zero-order valence-corrected chi connectivity index (χ0v) is 8.74. The molecule has 4 nitrogen and oxygen atoms in total. The predicted octanol–water partition coefficient (Wildman–Crippen LogP) is 0.593. The highest BCUT2D eigenvalue weighted by Crippen LogP contribution is 2.46. The summed E-state index contributed by atoms with van der Waals surface area (Å²) in [5.74, 6) is -1.03. The van der Waals surface area contributed by atoms with Crippen molar-refractivity contribution in [2.24, 2.45) is 5.92 Å². The highest BCUT2D eigenvalue weighted by atomic mass is 16.5. The van der Waals surface area contributed by atoms with E-state index in [-0.39, 0.29) is 24.3 Å². The van der Waals surface area contributed by atoms with Gasteiger partial charge in [0.25, 0.3) is 0 Å². The van der Waals surface area contributed by atoms with Gasteiger partial charge < -0.3 is 14.8 Å². The third-order valence-corrected chi connectivity index (χ3v) is 2.75. The molecule has 2 rings (SSSR count). The van der Waals surface area contributed by atoms with E-state index >= 15 is 0 Å². The van der Waals surface area contributed by atoms with Crippen molar-refractivity contribution in [3.8, 4) is 0 Å². The van der Waals surface area contributed by atoms with Gasteiger partial charge in [0.05, 0.1) is 5.92 Å². The van der Waals surface area contributed by atoms with Crippen molar-refractivity contribution in [1.82, 2.24) is 0 Å². The molecule has 2 atom stereocenters. The van der Waals surface area contributed by atoms with E-state index in [9.17, 15) is 4.79 Å². The summed E-state index contributed by atoms with van der Waals surface area (Å²) in [5.41, 5.74) is 0.928. The molecule has 1 fully saturated rings. The van der Waals surface area contributed by atoms with E-state index in [0.29, 0.717) is 6.42 Å². The van der Waals surface area contributed by atoms with Crippen LogP contribution in [0.1, 0.15) is 12.0 Å². The fourth-order valence-electron chi connectivity index (χ4n) is 1.65. The van der Waals surface area contributed by atoms with Crippen LogP contribution in [0.25, 0.3) is 0 Å². The smallest absolute Gasteiger partial charge is 0.455 e. The molecule has 0 aliphatic heterocycles. The van der Waals surface area contributed by atoms with Crippen molar-refractivity contribution >= 4 is 13.1 Å². The number of carbonyl (C=O) groups is 1. The second-order valence-corrected chi connectivity index (χ2v) is 4.01. The first-order valence-electron chi connectivity index (χ1n) is 5.25. The van der Waals surface area contributed by atoms with Gasteiger partial charge in [-0.2, -0.15) is 0 Å². The molecule has 0 bridgehead atoms. The standard InChI is InChI=1S/C11H13BO4/c13-11(9-6-10(9)12(14)15)16-7-8-4-2-1-3-5-8/h1-5,9-10,14-15H,6-7H2/t9-,10-/m1/s1. The molecule has 1 saturated carbocycles. The fourth-order valence-corrected chi connectivity index (χ4v) is 1.65. The Labute approximate surface area is 94.0 Å². The maximum Gasteiger partial charge on any atom is 0.455 e. The largest absolute Gasteiger partial charge is 0.461 e. The molecule has 16 heavy (non-hydrogen) atoms. The first-order chi connectivity index (χ1) is 7.68. The highest BCUT2D eigenvalue weighted by Gasteiger charge is 2.50. The number of benzene rings is 1. The predicted molar refractivity (Wildman–Crippen MR) is 58.3 cm³/mol. The van der Waals surface area contributed by atoms with E-state index in [1.165, 1.54) is 0 Å². The van der Waals surface area contributed by atoms with Gasteiger partial charge in [0.2, 0.25) is 0 Å². The van der Waals surface area contributed by atoms with Gasteiger partial charge in [0.15, 0.2) is 0 Å². The summed E-state index contributed by atoms with van der Waals surface area (Å²) < 4.78 is 5.07. The van der Waals surface area contributed by atoms with Crippen LogP contribution in [-0.4, -0.2) is 23.1 Å². The molecule has 1 aliphatic rings. The van der Waals surface area contributed by atoms with E-state index in [1.807, 2.05) is 30.3 Å². The minimum atomic E-state index is -1.41. The highest BCUT2D eigenvalue weighted by molar-refractivity contribution is 6.45. The molecule has 1 aromatic carbocycles. The Balaban J connectivity index is 1.78. The lowest BCUT2D eigenvalue weighted by Crippen LogP contribution is -2.15. The minimum Gasteiger partial charge on any atom is -0.461 e. The van der Waals surface area contributed by atoms with Gasteiger partial charge in [-0.3, -0.25) is 4.79 Å². The number of ether oxygens (including phenoxy) is 1. The average Bonchev–Trinajstić information content (AvgIpc) is 3.07. The molecule has 0 radical (unpaired) electrons. The third-order valence-electron chi connectivity index (χ3n) is 2.75. The lowest BCUT2D eigenvalue weighted by atomic mass is 9.82. The van der Waals surface area contributed by atoms with Gasteiger partial charge in [0.1, 0.15) is 6.61 Å². The van der Waals surface area contributed by atoms with Crippen molar-refractivity contribution in [3.63, 3.8) is 0 Å². The summed E-state index contributed by atoms with van der Waals surface area (Å²) in [6, 6.07) is 9.39. The second kappa shape index (κ2) is 4.68. The summed E-state index contributed by atoms with van der Waals surface area (Å²) in [4.78, 5) is 11.4. The molecule has 0 saturated heterocycles. The Morgan fingerprint density at radius 1 is 1.38 bits per heavy atom. The van der Waals surface area contributed by atoms with Crippen LogP contribution in [0.15, 0.2) is 30.3 Å². The molecule has 0 aromatic heterocycles. The molecule has 1 aromatic rings. The van der Waals surface area contributed by atoms with Crippen molar-refractivity contribution in [1.29, 1.82) is 0 Å². The molecular weight excluding hydrogens is 207 g/mol. The van der Waals surface area contributed by atoms with Crippen LogP contribution >= 0.6 is 0 Å². The van der Waals surface area contributed by atoms with Crippen LogP contribution in [0.5, 0.6) is 0 Å². The zero-order valence-electron chi connectivity index (χ0n) is 8.74. The van der Waals surface area contributed by atoms with E-state index < -0.39 is 7.12 Å². The molecule has 5 heteroatoms. The number of hydrogen-bond donors (Lipinski definition) is 2. The van der Waals surface area contributed by atoms with E-state index in [4.69, 9.17) is 14.8 Å². The fraction of sp³-hybridized carbons (Fsp3) is 0.364. The van der Waals surface area contributed by atoms with Crippen LogP contribution in [0.2, 0.25) is 5.82 Å². The van der Waals surface area contributed by atoms with Crippen LogP contribution in [0.3, 0.4) is 0 Å². The molecule has 0 unspecified atom stereocenters. The normalized spacial score (nSPS) is 22.6. The van der Waals surface area contributed by atoms with Gasteiger partial charge in [0, 0.05) is 5.82 Å². The SMILES string of the molecule is O=C(OCc1ccccc1)[C@@H]1C[C@H]1B(O)O. The topological polar surface area (TPSA) is 66.8 Å². The third kappa shape index (κ3) is 2.62. The maximum absolute atomic E-state index is 11.4. The van der Waals surface area contributed by atoms with Crippen LogP contribution in [0, 0.1) is 5.92 Å². The molecule has 0 heterocycles. The first-order valence-corrected chi connectivity index (χ1v) is 5.25. The van der Waals surface area contributed by atoms with Crippen molar-refractivity contribution in [2.75, 3.05) is 0 Å². The van der Waals surface area contributed by atoms with Crippen LogP contribution in [-0.2, 0) is 16.1 Å². The summed E-state index contributed by atoms with van der Waals surface area (Å²) in [6.07, 6.45) is 0.505.